The first-order valence-corrected chi connectivity index (χ1v) is 7.43. The molecule has 1 unspecified atom stereocenters. The van der Waals surface area contributed by atoms with Crippen molar-refractivity contribution in [2.24, 2.45) is 5.41 Å². The van der Waals surface area contributed by atoms with Gasteiger partial charge in [-0.3, -0.25) is 0 Å². The molecular formula is C15H21BrFN. The van der Waals surface area contributed by atoms with E-state index in [0.717, 1.165) is 12.1 Å². The van der Waals surface area contributed by atoms with Crippen LogP contribution in [0.4, 0.5) is 4.39 Å². The van der Waals surface area contributed by atoms with Crippen molar-refractivity contribution < 1.29 is 4.39 Å². The zero-order valence-electron chi connectivity index (χ0n) is 11.1. The molecule has 0 saturated heterocycles. The normalized spacial score (nSPS) is 23.0. The molecule has 1 aromatic carbocycles. The third-order valence-corrected chi connectivity index (χ3v) is 4.71. The molecule has 1 fully saturated rings. The van der Waals surface area contributed by atoms with Gasteiger partial charge in [-0.05, 0) is 52.2 Å². The zero-order valence-corrected chi connectivity index (χ0v) is 12.7. The fourth-order valence-corrected chi connectivity index (χ4v) is 3.22. The van der Waals surface area contributed by atoms with Crippen LogP contribution in [0.25, 0.3) is 0 Å². The molecule has 1 aromatic rings. The number of nitrogens with one attached hydrogen (secondary N) is 1. The first-order valence-electron chi connectivity index (χ1n) is 6.64. The lowest BCUT2D eigenvalue weighted by molar-refractivity contribution is 0.197. The van der Waals surface area contributed by atoms with Crippen LogP contribution in [0, 0.1) is 11.2 Å². The second kappa shape index (κ2) is 5.70. The van der Waals surface area contributed by atoms with Crippen molar-refractivity contribution in [3.8, 4) is 0 Å². The lowest BCUT2D eigenvalue weighted by Crippen LogP contribution is -2.36. The van der Waals surface area contributed by atoms with Gasteiger partial charge in [-0.15, -0.1) is 0 Å². The van der Waals surface area contributed by atoms with Crippen molar-refractivity contribution in [1.29, 1.82) is 0 Å². The molecule has 0 bridgehead atoms. The Kier molecular flexibility index (Phi) is 4.44. The maximum atomic E-state index is 13.4. The molecule has 1 aliphatic carbocycles. The molecule has 0 aliphatic heterocycles. The van der Waals surface area contributed by atoms with Gasteiger partial charge in [-0.1, -0.05) is 32.4 Å². The van der Waals surface area contributed by atoms with Gasteiger partial charge in [0.2, 0.25) is 0 Å². The minimum absolute atomic E-state index is 0.182. The Morgan fingerprint density at radius 1 is 1.44 bits per heavy atom. The van der Waals surface area contributed by atoms with Gasteiger partial charge in [0.15, 0.2) is 0 Å². The number of hydrogen-bond acceptors (Lipinski definition) is 1. The standard InChI is InChI=1S/C15H21BrFN/c1-15(2)8-4-6-12(9-15)18-10-11-5-3-7-13(17)14(11)16/h3,5,7,12,18H,4,6,8-10H2,1-2H3. The Labute approximate surface area is 117 Å². The average molecular weight is 314 g/mol. The summed E-state index contributed by atoms with van der Waals surface area (Å²) in [6.07, 6.45) is 5.04. The first-order chi connectivity index (χ1) is 8.48. The summed E-state index contributed by atoms with van der Waals surface area (Å²) in [7, 11) is 0. The molecule has 1 aliphatic rings. The van der Waals surface area contributed by atoms with Gasteiger partial charge in [0.1, 0.15) is 5.82 Å². The fraction of sp³-hybridized carbons (Fsp3) is 0.600. The maximum Gasteiger partial charge on any atom is 0.137 e. The van der Waals surface area contributed by atoms with E-state index in [1.54, 1.807) is 6.07 Å². The number of benzene rings is 1. The second-order valence-electron chi connectivity index (χ2n) is 6.05. The highest BCUT2D eigenvalue weighted by molar-refractivity contribution is 9.10. The lowest BCUT2D eigenvalue weighted by Gasteiger charge is -2.35. The van der Waals surface area contributed by atoms with Gasteiger partial charge in [0, 0.05) is 12.6 Å². The van der Waals surface area contributed by atoms with Crippen LogP contribution in [-0.2, 0) is 6.54 Å². The maximum absolute atomic E-state index is 13.4. The van der Waals surface area contributed by atoms with E-state index in [2.05, 4.69) is 35.1 Å². The fourth-order valence-electron chi connectivity index (χ4n) is 2.81. The van der Waals surface area contributed by atoms with Crippen LogP contribution in [-0.4, -0.2) is 6.04 Å². The Morgan fingerprint density at radius 2 is 2.22 bits per heavy atom. The summed E-state index contributed by atoms with van der Waals surface area (Å²) in [4.78, 5) is 0. The van der Waals surface area contributed by atoms with Crippen LogP contribution in [0.2, 0.25) is 0 Å². The average Bonchev–Trinajstić information content (AvgIpc) is 2.30. The highest BCUT2D eigenvalue weighted by Crippen LogP contribution is 2.35. The van der Waals surface area contributed by atoms with Gasteiger partial charge in [-0.25, -0.2) is 4.39 Å². The first kappa shape index (κ1) is 14.0. The summed E-state index contributed by atoms with van der Waals surface area (Å²) in [5.74, 6) is -0.182. The van der Waals surface area contributed by atoms with E-state index in [-0.39, 0.29) is 5.82 Å². The molecule has 1 atom stereocenters. The Hall–Kier alpha value is -0.410. The van der Waals surface area contributed by atoms with Crippen molar-refractivity contribution in [3.05, 3.63) is 34.1 Å². The molecule has 0 heterocycles. The van der Waals surface area contributed by atoms with E-state index < -0.39 is 0 Å². The summed E-state index contributed by atoms with van der Waals surface area (Å²) < 4.78 is 14.0. The van der Waals surface area contributed by atoms with Crippen LogP contribution in [0.5, 0.6) is 0 Å². The van der Waals surface area contributed by atoms with Gasteiger partial charge >= 0.3 is 0 Å². The van der Waals surface area contributed by atoms with Crippen molar-refractivity contribution in [2.75, 3.05) is 0 Å². The van der Waals surface area contributed by atoms with Gasteiger partial charge in [0.25, 0.3) is 0 Å². The van der Waals surface area contributed by atoms with Gasteiger partial charge < -0.3 is 5.32 Å². The van der Waals surface area contributed by atoms with E-state index in [0.29, 0.717) is 15.9 Å². The van der Waals surface area contributed by atoms with Crippen molar-refractivity contribution >= 4 is 15.9 Å². The Balaban J connectivity index is 1.93. The van der Waals surface area contributed by atoms with Gasteiger partial charge in [-0.2, -0.15) is 0 Å². The highest BCUT2D eigenvalue weighted by atomic mass is 79.9. The quantitative estimate of drug-likeness (QED) is 0.856. The van der Waals surface area contributed by atoms with Crippen LogP contribution in [0.15, 0.2) is 22.7 Å². The molecule has 2 rings (SSSR count). The molecule has 18 heavy (non-hydrogen) atoms. The van der Waals surface area contributed by atoms with Crippen LogP contribution in [0.1, 0.15) is 45.1 Å². The molecule has 0 aromatic heterocycles. The molecule has 1 saturated carbocycles. The van der Waals surface area contributed by atoms with Crippen LogP contribution >= 0.6 is 15.9 Å². The topological polar surface area (TPSA) is 12.0 Å². The summed E-state index contributed by atoms with van der Waals surface area (Å²) in [6.45, 7) is 5.40. The molecule has 100 valence electrons. The smallest absolute Gasteiger partial charge is 0.137 e. The Bertz CT molecular complexity index is 417. The highest BCUT2D eigenvalue weighted by Gasteiger charge is 2.27. The molecule has 1 N–H and O–H groups in total. The largest absolute Gasteiger partial charge is 0.310 e. The van der Waals surface area contributed by atoms with E-state index in [9.17, 15) is 4.39 Å². The number of rotatable bonds is 3. The van der Waals surface area contributed by atoms with Crippen LogP contribution < -0.4 is 5.32 Å². The predicted molar refractivity (Wildman–Crippen MR) is 77.0 cm³/mol. The van der Waals surface area contributed by atoms with Crippen molar-refractivity contribution in [2.45, 2.75) is 52.1 Å². The summed E-state index contributed by atoms with van der Waals surface area (Å²) in [5.41, 5.74) is 1.44. The van der Waals surface area contributed by atoms with Crippen molar-refractivity contribution in [3.63, 3.8) is 0 Å². The molecular weight excluding hydrogens is 293 g/mol. The van der Waals surface area contributed by atoms with E-state index in [4.69, 9.17) is 0 Å². The minimum Gasteiger partial charge on any atom is -0.310 e. The third-order valence-electron chi connectivity index (χ3n) is 3.82. The van der Waals surface area contributed by atoms with Crippen LogP contribution in [0.3, 0.4) is 0 Å². The van der Waals surface area contributed by atoms with Crippen molar-refractivity contribution in [1.82, 2.24) is 5.32 Å². The monoisotopic (exact) mass is 313 g/mol. The summed E-state index contributed by atoms with van der Waals surface area (Å²) >= 11 is 3.31. The zero-order chi connectivity index (χ0) is 13.2. The number of hydrogen-bond donors (Lipinski definition) is 1. The molecule has 0 spiro atoms. The van der Waals surface area contributed by atoms with E-state index in [1.165, 1.54) is 31.7 Å². The molecule has 1 nitrogen and oxygen atoms in total. The molecule has 3 heteroatoms. The second-order valence-corrected chi connectivity index (χ2v) is 6.84. The minimum atomic E-state index is -0.182. The Morgan fingerprint density at radius 3 is 2.94 bits per heavy atom. The molecule has 0 radical (unpaired) electrons. The van der Waals surface area contributed by atoms with Gasteiger partial charge in [0.05, 0.1) is 4.47 Å². The number of halogens is 2. The van der Waals surface area contributed by atoms with E-state index >= 15 is 0 Å². The van der Waals surface area contributed by atoms with E-state index in [1.807, 2.05) is 6.07 Å². The SMILES string of the molecule is CC1(C)CCCC(NCc2cccc(F)c2Br)C1. The lowest BCUT2D eigenvalue weighted by atomic mass is 9.75. The summed E-state index contributed by atoms with van der Waals surface area (Å²) in [5, 5.41) is 3.56. The summed E-state index contributed by atoms with van der Waals surface area (Å²) in [6, 6.07) is 5.77. The molecule has 0 amide bonds. The third kappa shape index (κ3) is 3.55. The predicted octanol–water partition coefficient (Wildman–Crippen LogP) is 4.65.